The van der Waals surface area contributed by atoms with Gasteiger partial charge in [0, 0.05) is 24.2 Å². The Bertz CT molecular complexity index is 1320. The Hall–Kier alpha value is -2.49. The summed E-state index contributed by atoms with van der Waals surface area (Å²) in [5, 5.41) is 2.87. The highest BCUT2D eigenvalue weighted by Gasteiger charge is 2.27. The SMILES string of the molecule is CCCCCCCCCCCCCCCC(=O)NC1=C(CC)/C(=N\c2ccc(N(CC)CNS(C)(=O)=O)cc2C)C=C(Cl)C1=O. The van der Waals surface area contributed by atoms with Crippen molar-refractivity contribution >= 4 is 50.4 Å². The van der Waals surface area contributed by atoms with Crippen LogP contribution in [0.25, 0.3) is 0 Å². The molecule has 1 aliphatic carbocycles. The molecule has 0 spiro atoms. The fraction of sp³-hybridized carbons (Fsp3) is 0.629. The quantitative estimate of drug-likeness (QED) is 0.0737. The topological polar surface area (TPSA) is 108 Å². The van der Waals surface area contributed by atoms with Crippen LogP contribution in [0.1, 0.15) is 123 Å². The highest BCUT2D eigenvalue weighted by atomic mass is 35.5. The molecule has 252 valence electrons. The number of carbonyl (C=O) groups excluding carboxylic acids is 2. The molecule has 0 unspecified atom stereocenters. The summed E-state index contributed by atoms with van der Waals surface area (Å²) >= 11 is 6.34. The number of hydrogen-bond acceptors (Lipinski definition) is 6. The summed E-state index contributed by atoms with van der Waals surface area (Å²) in [6, 6.07) is 5.69. The summed E-state index contributed by atoms with van der Waals surface area (Å²) in [7, 11) is -3.32. The molecule has 0 saturated carbocycles. The molecule has 0 fully saturated rings. The second kappa shape index (κ2) is 20.6. The standard InChI is InChI=1S/C35H55ClN4O4S/c1-6-9-10-11-12-13-14-15-16-17-18-19-20-21-33(41)39-34-29(7-2)32(25-30(36)35(34)42)38-31-23-22-28(24-27(31)4)40(8-3)26-37-45(5,43)44/h22-25,37H,6-21,26H2,1-5H3,(H,39,41)/b38-32-. The van der Waals surface area contributed by atoms with Crippen LogP contribution in [0.15, 0.2) is 45.6 Å². The molecular formula is C35H55ClN4O4S. The third-order valence-electron chi connectivity index (χ3n) is 8.13. The van der Waals surface area contributed by atoms with Gasteiger partial charge in [-0.15, -0.1) is 0 Å². The molecule has 1 aliphatic rings. The smallest absolute Gasteiger partial charge is 0.224 e. The molecule has 0 saturated heterocycles. The molecule has 1 aromatic carbocycles. The van der Waals surface area contributed by atoms with Crippen LogP contribution in [-0.2, 0) is 19.6 Å². The van der Waals surface area contributed by atoms with E-state index in [1.54, 1.807) is 6.08 Å². The Morgan fingerprint density at radius 3 is 2.00 bits per heavy atom. The Labute approximate surface area is 277 Å². The number of unbranched alkanes of at least 4 members (excludes halogenated alkanes) is 12. The van der Waals surface area contributed by atoms with Gasteiger partial charge in [-0.3, -0.25) is 9.59 Å². The maximum absolute atomic E-state index is 13.0. The van der Waals surface area contributed by atoms with Gasteiger partial charge < -0.3 is 10.2 Å². The van der Waals surface area contributed by atoms with Crippen LogP contribution < -0.4 is 14.9 Å². The third kappa shape index (κ3) is 14.2. The molecule has 2 N–H and O–H groups in total. The number of nitrogens with zero attached hydrogens (tertiary/aromatic N) is 2. The van der Waals surface area contributed by atoms with Crippen LogP contribution in [0.2, 0.25) is 0 Å². The molecule has 1 aromatic rings. The lowest BCUT2D eigenvalue weighted by atomic mass is 9.96. The van der Waals surface area contributed by atoms with Gasteiger partial charge in [0.1, 0.15) is 0 Å². The highest BCUT2D eigenvalue weighted by molar-refractivity contribution is 7.88. The van der Waals surface area contributed by atoms with Gasteiger partial charge in [-0.1, -0.05) is 102 Å². The first-order valence-electron chi connectivity index (χ1n) is 16.8. The maximum Gasteiger partial charge on any atom is 0.224 e. The number of aliphatic imine (C=N–C) groups is 1. The van der Waals surface area contributed by atoms with Crippen LogP contribution in [0.5, 0.6) is 0 Å². The van der Waals surface area contributed by atoms with E-state index >= 15 is 0 Å². The minimum atomic E-state index is -3.32. The van der Waals surface area contributed by atoms with Crippen LogP contribution in [0.4, 0.5) is 11.4 Å². The fourth-order valence-corrected chi connectivity index (χ4v) is 6.01. The summed E-state index contributed by atoms with van der Waals surface area (Å²) in [6.45, 7) is 8.82. The van der Waals surface area contributed by atoms with E-state index in [1.807, 2.05) is 43.9 Å². The molecule has 0 aromatic heterocycles. The van der Waals surface area contributed by atoms with E-state index in [9.17, 15) is 18.0 Å². The van der Waals surface area contributed by atoms with E-state index in [-0.39, 0.29) is 23.3 Å². The lowest BCUT2D eigenvalue weighted by Gasteiger charge is -2.24. The Balaban J connectivity index is 1.95. The van der Waals surface area contributed by atoms with E-state index in [2.05, 4.69) is 17.0 Å². The monoisotopic (exact) mass is 662 g/mol. The molecule has 0 radical (unpaired) electrons. The summed E-state index contributed by atoms with van der Waals surface area (Å²) in [5.41, 5.74) is 3.83. The number of sulfonamides is 1. The number of anilines is 1. The number of benzene rings is 1. The van der Waals surface area contributed by atoms with Crippen LogP contribution in [0.3, 0.4) is 0 Å². The predicted octanol–water partition coefficient (Wildman–Crippen LogP) is 8.37. The van der Waals surface area contributed by atoms with Crippen molar-refractivity contribution in [1.82, 2.24) is 10.0 Å². The van der Waals surface area contributed by atoms with Gasteiger partial charge in [0.2, 0.25) is 21.7 Å². The average Bonchev–Trinajstić information content (AvgIpc) is 2.99. The zero-order valence-corrected chi connectivity index (χ0v) is 29.7. The third-order valence-corrected chi connectivity index (χ3v) is 9.06. The van der Waals surface area contributed by atoms with E-state index < -0.39 is 15.8 Å². The number of amides is 1. The molecule has 8 nitrogen and oxygen atoms in total. The van der Waals surface area contributed by atoms with E-state index in [4.69, 9.17) is 16.6 Å². The molecule has 0 atom stereocenters. The van der Waals surface area contributed by atoms with Crippen molar-refractivity contribution in [3.05, 3.63) is 46.1 Å². The van der Waals surface area contributed by atoms with Gasteiger partial charge >= 0.3 is 0 Å². The van der Waals surface area contributed by atoms with Crippen molar-refractivity contribution in [2.75, 3.05) is 24.4 Å². The van der Waals surface area contributed by atoms with Crippen molar-refractivity contribution in [3.63, 3.8) is 0 Å². The van der Waals surface area contributed by atoms with Gasteiger partial charge in [-0.2, -0.15) is 4.72 Å². The van der Waals surface area contributed by atoms with Gasteiger partial charge in [0.25, 0.3) is 0 Å². The number of ketones is 1. The molecular weight excluding hydrogens is 608 g/mol. The number of hydrogen-bond donors (Lipinski definition) is 2. The van der Waals surface area contributed by atoms with Gasteiger partial charge in [-0.05, 0) is 56.5 Å². The summed E-state index contributed by atoms with van der Waals surface area (Å²) in [5.74, 6) is -0.573. The van der Waals surface area contributed by atoms with Crippen LogP contribution in [0, 0.1) is 6.92 Å². The number of aryl methyl sites for hydroxylation is 1. The lowest BCUT2D eigenvalue weighted by molar-refractivity contribution is -0.122. The van der Waals surface area contributed by atoms with Crippen molar-refractivity contribution in [1.29, 1.82) is 0 Å². The maximum atomic E-state index is 13.0. The lowest BCUT2D eigenvalue weighted by Crippen LogP contribution is -2.37. The van der Waals surface area contributed by atoms with Crippen LogP contribution >= 0.6 is 11.6 Å². The van der Waals surface area contributed by atoms with Crippen LogP contribution in [-0.4, -0.2) is 45.3 Å². The minimum Gasteiger partial charge on any atom is -0.358 e. The second-order valence-electron chi connectivity index (χ2n) is 12.0. The molecule has 2 rings (SSSR count). The highest BCUT2D eigenvalue weighted by Crippen LogP contribution is 2.29. The Kier molecular flexibility index (Phi) is 17.7. The molecule has 0 heterocycles. The minimum absolute atomic E-state index is 0.0143. The Morgan fingerprint density at radius 2 is 1.49 bits per heavy atom. The summed E-state index contributed by atoms with van der Waals surface area (Å²) in [6.07, 6.45) is 19.7. The number of carbonyl (C=O) groups is 2. The zero-order chi connectivity index (χ0) is 33.2. The zero-order valence-electron chi connectivity index (χ0n) is 28.1. The van der Waals surface area contributed by atoms with Crippen molar-refractivity contribution < 1.29 is 18.0 Å². The molecule has 0 bridgehead atoms. The number of rotatable bonds is 22. The average molecular weight is 663 g/mol. The number of Topliss-reactive ketones (excluding diaryl/α,β-unsaturated/α-hetero) is 1. The molecule has 45 heavy (non-hydrogen) atoms. The van der Waals surface area contributed by atoms with Gasteiger partial charge in [-0.25, -0.2) is 13.4 Å². The van der Waals surface area contributed by atoms with Gasteiger partial charge in [0.15, 0.2) is 0 Å². The largest absolute Gasteiger partial charge is 0.358 e. The van der Waals surface area contributed by atoms with E-state index in [0.717, 1.165) is 36.8 Å². The number of allylic oxidation sites excluding steroid dienone is 3. The first-order chi connectivity index (χ1) is 21.5. The van der Waals surface area contributed by atoms with Crippen molar-refractivity contribution in [3.8, 4) is 0 Å². The second-order valence-corrected chi connectivity index (χ2v) is 14.2. The van der Waals surface area contributed by atoms with Crippen molar-refractivity contribution in [2.24, 2.45) is 4.99 Å². The summed E-state index contributed by atoms with van der Waals surface area (Å²) < 4.78 is 25.6. The first-order valence-corrected chi connectivity index (χ1v) is 19.1. The van der Waals surface area contributed by atoms with E-state index in [1.165, 1.54) is 64.2 Å². The molecule has 10 heteroatoms. The molecule has 1 amide bonds. The Morgan fingerprint density at radius 1 is 0.911 bits per heavy atom. The number of halogens is 1. The normalized spacial score (nSPS) is 14.7. The number of nitrogens with one attached hydrogen (secondary N) is 2. The fourth-order valence-electron chi connectivity index (χ4n) is 5.42. The van der Waals surface area contributed by atoms with Crippen molar-refractivity contribution in [2.45, 2.75) is 124 Å². The first kappa shape index (κ1) is 38.7. The van der Waals surface area contributed by atoms with Gasteiger partial charge in [0.05, 0.1) is 35.1 Å². The summed E-state index contributed by atoms with van der Waals surface area (Å²) in [4.78, 5) is 32.6. The molecule has 0 aliphatic heterocycles. The van der Waals surface area contributed by atoms with E-state index in [0.29, 0.717) is 36.4 Å². The predicted molar refractivity (Wildman–Crippen MR) is 189 cm³/mol.